The van der Waals surface area contributed by atoms with Crippen molar-refractivity contribution in [1.82, 2.24) is 5.32 Å². The van der Waals surface area contributed by atoms with Gasteiger partial charge in [0.1, 0.15) is 12.3 Å². The van der Waals surface area contributed by atoms with Gasteiger partial charge in [-0.25, -0.2) is 8.42 Å². The van der Waals surface area contributed by atoms with E-state index in [9.17, 15) is 13.2 Å². The number of nitrogens with one attached hydrogen (secondary N) is 1. The van der Waals surface area contributed by atoms with Crippen LogP contribution < -0.4 is 14.4 Å². The second-order valence-electron chi connectivity index (χ2n) is 7.86. The zero-order valence-electron chi connectivity index (χ0n) is 18.5. The van der Waals surface area contributed by atoms with E-state index in [2.05, 4.69) is 5.32 Å². The number of carbonyl (C=O) groups is 1. The Morgan fingerprint density at radius 3 is 2.38 bits per heavy atom. The smallest absolute Gasteiger partial charge is 0.264 e. The van der Waals surface area contributed by atoms with Crippen LogP contribution in [0, 0.1) is 0 Å². The standard InChI is InChI=1S/C24H32N2O5S/c1-30-21-13-15-23(16-14-21)32(28,29)26(20-9-4-2-5-10-20)19-24(27)25-17-8-18-31-22-11-6-3-7-12-22/h2,4-5,9-10,13-16,22H,3,6-8,11-12,17-19H2,1H3,(H,25,27). The van der Waals surface area contributed by atoms with E-state index in [4.69, 9.17) is 9.47 Å². The summed E-state index contributed by atoms with van der Waals surface area (Å²) in [7, 11) is -2.41. The lowest BCUT2D eigenvalue weighted by atomic mass is 9.98. The van der Waals surface area contributed by atoms with Crippen LogP contribution in [-0.4, -0.2) is 47.2 Å². The van der Waals surface area contributed by atoms with E-state index in [0.717, 1.165) is 17.1 Å². The molecule has 1 aliphatic rings. The average Bonchev–Trinajstić information content (AvgIpc) is 2.83. The molecule has 8 heteroatoms. The molecule has 0 radical (unpaired) electrons. The van der Waals surface area contributed by atoms with Crippen molar-refractivity contribution < 1.29 is 22.7 Å². The number of methoxy groups -OCH3 is 1. The normalized spacial score (nSPS) is 14.7. The van der Waals surface area contributed by atoms with E-state index in [0.29, 0.717) is 37.1 Å². The molecule has 1 N–H and O–H groups in total. The molecule has 0 saturated heterocycles. The third-order valence-corrected chi connectivity index (χ3v) is 7.32. The molecule has 0 atom stereocenters. The molecule has 0 aliphatic heterocycles. The maximum atomic E-state index is 13.3. The molecule has 1 fully saturated rings. The predicted molar refractivity (Wildman–Crippen MR) is 124 cm³/mol. The second-order valence-corrected chi connectivity index (χ2v) is 9.72. The van der Waals surface area contributed by atoms with Crippen LogP contribution in [0.5, 0.6) is 5.75 Å². The van der Waals surface area contributed by atoms with Gasteiger partial charge in [0.15, 0.2) is 0 Å². The summed E-state index contributed by atoms with van der Waals surface area (Å²) in [4.78, 5) is 12.7. The molecule has 2 aromatic rings. The Labute approximate surface area is 190 Å². The number of nitrogens with zero attached hydrogens (tertiary/aromatic N) is 1. The fraction of sp³-hybridized carbons (Fsp3) is 0.458. The molecule has 3 rings (SSSR count). The van der Waals surface area contributed by atoms with Crippen LogP contribution in [0.1, 0.15) is 38.5 Å². The minimum atomic E-state index is -3.93. The van der Waals surface area contributed by atoms with E-state index in [1.165, 1.54) is 38.5 Å². The first kappa shape index (κ1) is 24.1. The molecule has 0 unspecified atom stereocenters. The van der Waals surface area contributed by atoms with Crippen LogP contribution in [-0.2, 0) is 19.6 Å². The Balaban J connectivity index is 1.59. The van der Waals surface area contributed by atoms with Crippen molar-refractivity contribution in [1.29, 1.82) is 0 Å². The summed E-state index contributed by atoms with van der Waals surface area (Å²) in [6.07, 6.45) is 6.98. The van der Waals surface area contributed by atoms with E-state index in [-0.39, 0.29) is 17.3 Å². The first-order valence-electron chi connectivity index (χ1n) is 11.1. The van der Waals surface area contributed by atoms with E-state index in [1.54, 1.807) is 42.5 Å². The molecule has 2 aromatic carbocycles. The second kappa shape index (κ2) is 11.9. The van der Waals surface area contributed by atoms with Crippen molar-refractivity contribution in [2.45, 2.75) is 49.5 Å². The Morgan fingerprint density at radius 2 is 1.72 bits per heavy atom. The van der Waals surface area contributed by atoms with Gasteiger partial charge in [-0.15, -0.1) is 0 Å². The summed E-state index contributed by atoms with van der Waals surface area (Å²) in [5.74, 6) is 0.201. The van der Waals surface area contributed by atoms with Crippen LogP contribution in [0.4, 0.5) is 5.69 Å². The maximum Gasteiger partial charge on any atom is 0.264 e. The molecule has 0 spiro atoms. The summed E-state index contributed by atoms with van der Waals surface area (Å²) in [6.45, 7) is 0.732. The SMILES string of the molecule is COc1ccc(S(=O)(=O)N(CC(=O)NCCCOC2CCCCC2)c2ccccc2)cc1. The molecular weight excluding hydrogens is 428 g/mol. The zero-order chi connectivity index (χ0) is 22.8. The minimum absolute atomic E-state index is 0.0934. The predicted octanol–water partition coefficient (Wildman–Crippen LogP) is 3.75. The topological polar surface area (TPSA) is 84.9 Å². The van der Waals surface area contributed by atoms with Gasteiger partial charge in [0.05, 0.1) is 23.8 Å². The first-order valence-corrected chi connectivity index (χ1v) is 12.5. The highest BCUT2D eigenvalue weighted by Crippen LogP contribution is 2.25. The molecular formula is C24H32N2O5S. The van der Waals surface area contributed by atoms with Crippen LogP contribution in [0.2, 0.25) is 0 Å². The molecule has 7 nitrogen and oxygen atoms in total. The molecule has 1 amide bonds. The lowest BCUT2D eigenvalue weighted by Gasteiger charge is -2.24. The Hall–Kier alpha value is -2.58. The van der Waals surface area contributed by atoms with Gasteiger partial charge < -0.3 is 14.8 Å². The van der Waals surface area contributed by atoms with Crippen molar-refractivity contribution in [3.05, 3.63) is 54.6 Å². The average molecular weight is 461 g/mol. The lowest BCUT2D eigenvalue weighted by molar-refractivity contribution is -0.119. The van der Waals surface area contributed by atoms with Crippen molar-refractivity contribution in [2.24, 2.45) is 0 Å². The fourth-order valence-corrected chi connectivity index (χ4v) is 5.17. The van der Waals surface area contributed by atoms with Gasteiger partial charge in [-0.2, -0.15) is 0 Å². The van der Waals surface area contributed by atoms with Gasteiger partial charge in [-0.3, -0.25) is 9.10 Å². The number of hydrogen-bond donors (Lipinski definition) is 1. The Morgan fingerprint density at radius 1 is 1.03 bits per heavy atom. The van der Waals surface area contributed by atoms with Crippen LogP contribution >= 0.6 is 0 Å². The highest BCUT2D eigenvalue weighted by atomic mass is 32.2. The molecule has 32 heavy (non-hydrogen) atoms. The number of ether oxygens (including phenoxy) is 2. The number of benzene rings is 2. The minimum Gasteiger partial charge on any atom is -0.497 e. The summed E-state index contributed by atoms with van der Waals surface area (Å²) in [5, 5.41) is 2.82. The summed E-state index contributed by atoms with van der Waals surface area (Å²) in [5.41, 5.74) is 0.430. The molecule has 1 aliphatic carbocycles. The number of rotatable bonds is 11. The number of para-hydroxylation sites is 1. The summed E-state index contributed by atoms with van der Waals surface area (Å²) < 4.78 is 38.7. The third-order valence-electron chi connectivity index (χ3n) is 5.53. The van der Waals surface area contributed by atoms with Gasteiger partial charge >= 0.3 is 0 Å². The number of hydrogen-bond acceptors (Lipinski definition) is 5. The van der Waals surface area contributed by atoms with Gasteiger partial charge in [-0.1, -0.05) is 37.5 Å². The molecule has 174 valence electrons. The molecule has 0 bridgehead atoms. The van der Waals surface area contributed by atoms with Crippen molar-refractivity contribution in [2.75, 3.05) is 31.1 Å². The van der Waals surface area contributed by atoms with Gasteiger partial charge in [0.2, 0.25) is 5.91 Å². The largest absolute Gasteiger partial charge is 0.497 e. The lowest BCUT2D eigenvalue weighted by Crippen LogP contribution is -2.41. The first-order chi connectivity index (χ1) is 15.5. The van der Waals surface area contributed by atoms with Gasteiger partial charge in [0.25, 0.3) is 10.0 Å². The maximum absolute atomic E-state index is 13.3. The monoisotopic (exact) mass is 460 g/mol. The van der Waals surface area contributed by atoms with Crippen LogP contribution in [0.25, 0.3) is 0 Å². The number of carbonyl (C=O) groups excluding carboxylic acids is 1. The summed E-state index contributed by atoms with van der Waals surface area (Å²) >= 11 is 0. The van der Waals surface area contributed by atoms with Crippen LogP contribution in [0.3, 0.4) is 0 Å². The zero-order valence-corrected chi connectivity index (χ0v) is 19.4. The Kier molecular flexibility index (Phi) is 8.93. The fourth-order valence-electron chi connectivity index (χ4n) is 3.75. The number of amides is 1. The van der Waals surface area contributed by atoms with Crippen molar-refractivity contribution in [3.63, 3.8) is 0 Å². The van der Waals surface area contributed by atoms with Crippen LogP contribution in [0.15, 0.2) is 59.5 Å². The number of anilines is 1. The van der Waals surface area contributed by atoms with E-state index >= 15 is 0 Å². The Bertz CT molecular complexity index is 942. The van der Waals surface area contributed by atoms with Crippen molar-refractivity contribution in [3.8, 4) is 5.75 Å². The molecule has 1 saturated carbocycles. The van der Waals surface area contributed by atoms with E-state index < -0.39 is 10.0 Å². The quantitative estimate of drug-likeness (QED) is 0.516. The van der Waals surface area contributed by atoms with Gasteiger partial charge in [0, 0.05) is 13.2 Å². The third kappa shape index (κ3) is 6.71. The number of sulfonamides is 1. The van der Waals surface area contributed by atoms with Gasteiger partial charge in [-0.05, 0) is 55.7 Å². The highest BCUT2D eigenvalue weighted by Gasteiger charge is 2.27. The highest BCUT2D eigenvalue weighted by molar-refractivity contribution is 7.92. The molecule has 0 heterocycles. The molecule has 0 aromatic heterocycles. The van der Waals surface area contributed by atoms with Crippen molar-refractivity contribution >= 4 is 21.6 Å². The summed E-state index contributed by atoms with van der Waals surface area (Å²) in [6, 6.07) is 14.8. The van der Waals surface area contributed by atoms with E-state index in [1.807, 2.05) is 0 Å².